The molecule has 0 rings (SSSR count). The number of nitrogens with zero attached hydrogens (tertiary/aromatic N) is 2. The van der Waals surface area contributed by atoms with Crippen molar-refractivity contribution < 1.29 is 5.11 Å². The Hall–Kier alpha value is -1.48. The molecule has 0 unspecified atom stereocenters. The van der Waals surface area contributed by atoms with Crippen LogP contribution in [0.1, 0.15) is 0 Å². The van der Waals surface area contributed by atoms with Gasteiger partial charge in [-0.25, -0.2) is 10.1 Å². The first kappa shape index (κ1) is 5.52. The van der Waals surface area contributed by atoms with E-state index in [2.05, 4.69) is 4.85 Å². The summed E-state index contributed by atoms with van der Waals surface area (Å²) in [7, 11) is 0. The van der Waals surface area contributed by atoms with E-state index in [1.54, 1.807) is 0 Å². The van der Waals surface area contributed by atoms with Crippen molar-refractivity contribution in [3.05, 3.63) is 23.4 Å². The number of aliphatic hydroxyl groups is 1. The molecule has 3 nitrogen and oxygen atoms in total. The first-order valence-corrected chi connectivity index (χ1v) is 1.47. The molecule has 3 heteroatoms. The molecule has 34 valence electrons. The lowest BCUT2D eigenvalue weighted by atomic mass is 10.6. The maximum Gasteiger partial charge on any atom is 0.295 e. The molecule has 7 heavy (non-hydrogen) atoms. The van der Waals surface area contributed by atoms with Crippen LogP contribution in [0.4, 0.5) is 0 Å². The SMILES string of the molecule is [C-]#[N+]/C(C#N)=C/O. The largest absolute Gasteiger partial charge is 0.526 e. The molecule has 0 aliphatic rings. The molecule has 0 aliphatic carbocycles. The Balaban J connectivity index is 4.03. The fourth-order valence-corrected chi connectivity index (χ4v) is 0.0827. The highest BCUT2D eigenvalue weighted by Gasteiger charge is 1.84. The molecule has 0 radical (unpaired) electrons. The van der Waals surface area contributed by atoms with Crippen LogP contribution in [0.3, 0.4) is 0 Å². The van der Waals surface area contributed by atoms with Gasteiger partial charge in [-0.1, -0.05) is 0 Å². The topological polar surface area (TPSA) is 48.4 Å². The molecule has 0 amide bonds. The van der Waals surface area contributed by atoms with Crippen molar-refractivity contribution >= 4 is 0 Å². The minimum Gasteiger partial charge on any atom is -0.526 e. The summed E-state index contributed by atoms with van der Waals surface area (Å²) in [4.78, 5) is 2.62. The van der Waals surface area contributed by atoms with Crippen LogP contribution in [-0.4, -0.2) is 5.11 Å². The van der Waals surface area contributed by atoms with Crippen LogP contribution in [0.5, 0.6) is 0 Å². The molecule has 0 aliphatic heterocycles. The van der Waals surface area contributed by atoms with Crippen molar-refractivity contribution in [3.8, 4) is 6.07 Å². The number of nitriles is 1. The molecule has 0 bridgehead atoms. The van der Waals surface area contributed by atoms with Gasteiger partial charge >= 0.3 is 0 Å². The molecule has 0 spiro atoms. The minimum atomic E-state index is -0.292. The van der Waals surface area contributed by atoms with Gasteiger partial charge in [0, 0.05) is 0 Å². The number of allylic oxidation sites excluding steroid dienone is 1. The number of rotatable bonds is 0. The van der Waals surface area contributed by atoms with Crippen LogP contribution in [-0.2, 0) is 0 Å². The minimum absolute atomic E-state index is 0.292. The average Bonchev–Trinajstić information content (AvgIpc) is 1.72. The highest BCUT2D eigenvalue weighted by atomic mass is 16.2. The van der Waals surface area contributed by atoms with Gasteiger partial charge in [0.1, 0.15) is 0 Å². The predicted molar refractivity (Wildman–Crippen MR) is 22.9 cm³/mol. The molecule has 1 N–H and O–H groups in total. The molecule has 0 aromatic carbocycles. The molecule has 0 fully saturated rings. The summed E-state index contributed by atoms with van der Waals surface area (Å²) in [5.74, 6) is 0. The van der Waals surface area contributed by atoms with E-state index < -0.39 is 0 Å². The third-order valence-corrected chi connectivity index (χ3v) is 0.357. The maximum absolute atomic E-state index is 7.93. The van der Waals surface area contributed by atoms with Crippen LogP contribution in [0, 0.1) is 17.9 Å². The van der Waals surface area contributed by atoms with E-state index in [0.717, 1.165) is 0 Å². The summed E-state index contributed by atoms with van der Waals surface area (Å²) in [6.45, 7) is 6.13. The lowest BCUT2D eigenvalue weighted by Crippen LogP contribution is -1.62. The van der Waals surface area contributed by atoms with E-state index in [-0.39, 0.29) is 5.70 Å². The zero-order valence-electron chi connectivity index (χ0n) is 3.42. The van der Waals surface area contributed by atoms with Gasteiger partial charge in [-0.15, -0.1) is 0 Å². The van der Waals surface area contributed by atoms with E-state index in [1.165, 1.54) is 6.07 Å². The Morgan fingerprint density at radius 3 is 2.57 bits per heavy atom. The Morgan fingerprint density at radius 2 is 2.57 bits per heavy atom. The molecule has 0 aromatic heterocycles. The third-order valence-electron chi connectivity index (χ3n) is 0.357. The van der Waals surface area contributed by atoms with Crippen LogP contribution < -0.4 is 0 Å². The summed E-state index contributed by atoms with van der Waals surface area (Å²) in [5.41, 5.74) is -0.292. The highest BCUT2D eigenvalue weighted by molar-refractivity contribution is 5.24. The predicted octanol–water partition coefficient (Wildman–Crippen LogP) is 0.829. The molecular formula is C4H2N2O. The van der Waals surface area contributed by atoms with E-state index in [9.17, 15) is 0 Å². The van der Waals surface area contributed by atoms with E-state index >= 15 is 0 Å². The molecule has 0 saturated carbocycles. The lowest BCUT2D eigenvalue weighted by molar-refractivity contribution is 0.471. The first-order chi connectivity index (χ1) is 3.35. The zero-order chi connectivity index (χ0) is 5.70. The Bertz CT molecular complexity index is 142. The first-order valence-electron chi connectivity index (χ1n) is 1.47. The molecular weight excluding hydrogens is 92.1 g/mol. The average molecular weight is 94.1 g/mol. The summed E-state index contributed by atoms with van der Waals surface area (Å²) in [6, 6.07) is 1.46. The van der Waals surface area contributed by atoms with Crippen LogP contribution in [0.2, 0.25) is 0 Å². The lowest BCUT2D eigenvalue weighted by Gasteiger charge is -1.68. The van der Waals surface area contributed by atoms with Gasteiger partial charge in [-0.2, -0.15) is 0 Å². The zero-order valence-corrected chi connectivity index (χ0v) is 3.42. The van der Waals surface area contributed by atoms with Crippen LogP contribution in [0.25, 0.3) is 4.85 Å². The van der Waals surface area contributed by atoms with Gasteiger partial charge in [0.15, 0.2) is 0 Å². The second kappa shape index (κ2) is 2.74. The van der Waals surface area contributed by atoms with Crippen molar-refractivity contribution in [1.29, 1.82) is 5.26 Å². The summed E-state index contributed by atoms with van der Waals surface area (Å²) < 4.78 is 0. The Labute approximate surface area is 40.9 Å². The second-order valence-electron chi connectivity index (χ2n) is 0.738. The molecule has 0 saturated heterocycles. The third kappa shape index (κ3) is 1.40. The van der Waals surface area contributed by atoms with Gasteiger partial charge in [0.25, 0.3) is 5.70 Å². The van der Waals surface area contributed by atoms with Gasteiger partial charge in [-0.3, -0.25) is 0 Å². The fourth-order valence-electron chi connectivity index (χ4n) is 0.0827. The second-order valence-corrected chi connectivity index (χ2v) is 0.738. The monoisotopic (exact) mass is 94.0 g/mol. The Kier molecular flexibility index (Phi) is 2.16. The van der Waals surface area contributed by atoms with Crippen LogP contribution in [0.15, 0.2) is 12.0 Å². The van der Waals surface area contributed by atoms with Gasteiger partial charge in [0.2, 0.25) is 0 Å². The van der Waals surface area contributed by atoms with Crippen molar-refractivity contribution in [2.75, 3.05) is 0 Å². The number of aliphatic hydroxyl groups excluding tert-OH is 1. The van der Waals surface area contributed by atoms with Crippen molar-refractivity contribution in [2.45, 2.75) is 0 Å². The summed E-state index contributed by atoms with van der Waals surface area (Å²) in [5, 5.41) is 15.8. The van der Waals surface area contributed by atoms with E-state index in [4.69, 9.17) is 16.9 Å². The molecule has 0 heterocycles. The summed E-state index contributed by atoms with van der Waals surface area (Å²) in [6.07, 6.45) is 0.479. The van der Waals surface area contributed by atoms with E-state index in [0.29, 0.717) is 6.26 Å². The number of hydrogen-bond donors (Lipinski definition) is 1. The maximum atomic E-state index is 7.93. The van der Waals surface area contributed by atoms with Crippen molar-refractivity contribution in [1.82, 2.24) is 0 Å². The smallest absolute Gasteiger partial charge is 0.295 e. The highest BCUT2D eigenvalue weighted by Crippen LogP contribution is 1.87. The standard InChI is InChI=1S/C4H2N2O/c1-6-4(2-5)3-7/h3,7H/b4-3+. The Morgan fingerprint density at radius 1 is 2.00 bits per heavy atom. The van der Waals surface area contributed by atoms with Gasteiger partial charge < -0.3 is 5.11 Å². The van der Waals surface area contributed by atoms with Gasteiger partial charge in [0.05, 0.1) is 18.9 Å². The van der Waals surface area contributed by atoms with E-state index in [1.807, 2.05) is 0 Å². The van der Waals surface area contributed by atoms with Crippen LogP contribution >= 0.6 is 0 Å². The molecule has 0 atom stereocenters. The fraction of sp³-hybridized carbons (Fsp3) is 0. The van der Waals surface area contributed by atoms with Crippen molar-refractivity contribution in [2.24, 2.45) is 0 Å². The quantitative estimate of drug-likeness (QED) is 0.274. The summed E-state index contributed by atoms with van der Waals surface area (Å²) >= 11 is 0. The van der Waals surface area contributed by atoms with Crippen molar-refractivity contribution in [3.63, 3.8) is 0 Å². The normalized spacial score (nSPS) is 9.14. The molecule has 0 aromatic rings. The van der Waals surface area contributed by atoms with Gasteiger partial charge in [-0.05, 0) is 0 Å². The number of hydrogen-bond acceptors (Lipinski definition) is 2.